The van der Waals surface area contributed by atoms with Crippen LogP contribution in [0.5, 0.6) is 11.6 Å². The van der Waals surface area contributed by atoms with E-state index in [4.69, 9.17) is 9.47 Å². The molecule has 21 heavy (non-hydrogen) atoms. The first-order valence-corrected chi connectivity index (χ1v) is 6.95. The standard InChI is InChI=1S/C16H21N3O2/c1-12-9-14(10-17-7-8-20-3)11-19-16(12)21-15-5-4-6-18-13(15)2/h4-6,9,11,17H,7-8,10H2,1-3H3. The van der Waals surface area contributed by atoms with E-state index in [2.05, 4.69) is 21.4 Å². The maximum atomic E-state index is 5.82. The number of aryl methyl sites for hydroxylation is 2. The van der Waals surface area contributed by atoms with E-state index in [1.165, 1.54) is 0 Å². The third-order valence-corrected chi connectivity index (χ3v) is 3.06. The predicted molar refractivity (Wildman–Crippen MR) is 81.6 cm³/mol. The van der Waals surface area contributed by atoms with Crippen LogP contribution in [0.3, 0.4) is 0 Å². The molecule has 1 N–H and O–H groups in total. The van der Waals surface area contributed by atoms with Gasteiger partial charge in [-0.05, 0) is 37.6 Å². The molecule has 2 aromatic heterocycles. The predicted octanol–water partition coefficient (Wildman–Crippen LogP) is 2.62. The van der Waals surface area contributed by atoms with E-state index < -0.39 is 0 Å². The van der Waals surface area contributed by atoms with Gasteiger partial charge in [0.1, 0.15) is 0 Å². The highest BCUT2D eigenvalue weighted by Crippen LogP contribution is 2.24. The molecule has 0 saturated carbocycles. The molecule has 5 nitrogen and oxygen atoms in total. The highest BCUT2D eigenvalue weighted by Gasteiger charge is 2.07. The number of rotatable bonds is 7. The number of nitrogens with one attached hydrogen (secondary N) is 1. The molecule has 0 bridgehead atoms. The van der Waals surface area contributed by atoms with Crippen LogP contribution in [-0.4, -0.2) is 30.2 Å². The van der Waals surface area contributed by atoms with Crippen molar-refractivity contribution in [2.45, 2.75) is 20.4 Å². The van der Waals surface area contributed by atoms with Crippen molar-refractivity contribution in [3.63, 3.8) is 0 Å². The van der Waals surface area contributed by atoms with E-state index in [0.717, 1.165) is 35.7 Å². The van der Waals surface area contributed by atoms with E-state index in [1.54, 1.807) is 13.3 Å². The molecule has 2 rings (SSSR count). The van der Waals surface area contributed by atoms with Crippen molar-refractivity contribution in [1.29, 1.82) is 0 Å². The van der Waals surface area contributed by atoms with Crippen LogP contribution in [0.4, 0.5) is 0 Å². The Morgan fingerprint density at radius 1 is 1.24 bits per heavy atom. The van der Waals surface area contributed by atoms with Crippen LogP contribution in [0.25, 0.3) is 0 Å². The van der Waals surface area contributed by atoms with Crippen LogP contribution in [0.15, 0.2) is 30.6 Å². The lowest BCUT2D eigenvalue weighted by Crippen LogP contribution is -2.18. The van der Waals surface area contributed by atoms with Crippen molar-refractivity contribution >= 4 is 0 Å². The van der Waals surface area contributed by atoms with E-state index in [0.29, 0.717) is 12.5 Å². The number of hydrogen-bond acceptors (Lipinski definition) is 5. The van der Waals surface area contributed by atoms with E-state index in [-0.39, 0.29) is 0 Å². The van der Waals surface area contributed by atoms with Crippen LogP contribution in [0.2, 0.25) is 0 Å². The molecule has 0 saturated heterocycles. The van der Waals surface area contributed by atoms with Gasteiger partial charge >= 0.3 is 0 Å². The molecular weight excluding hydrogens is 266 g/mol. The molecule has 0 aliphatic carbocycles. The second-order valence-corrected chi connectivity index (χ2v) is 4.82. The monoisotopic (exact) mass is 287 g/mol. The highest BCUT2D eigenvalue weighted by atomic mass is 16.5. The molecule has 0 atom stereocenters. The number of aromatic nitrogens is 2. The molecule has 0 aromatic carbocycles. The largest absolute Gasteiger partial charge is 0.437 e. The molecule has 0 fully saturated rings. The third kappa shape index (κ3) is 4.51. The average molecular weight is 287 g/mol. The normalized spacial score (nSPS) is 10.6. The average Bonchev–Trinajstić information content (AvgIpc) is 2.48. The summed E-state index contributed by atoms with van der Waals surface area (Å²) in [6, 6.07) is 5.82. The number of ether oxygens (including phenoxy) is 2. The summed E-state index contributed by atoms with van der Waals surface area (Å²) in [5.74, 6) is 1.35. The van der Waals surface area contributed by atoms with Gasteiger partial charge in [0, 0.05) is 38.2 Å². The quantitative estimate of drug-likeness (QED) is 0.793. The maximum Gasteiger partial charge on any atom is 0.222 e. The second kappa shape index (κ2) is 7.71. The number of nitrogens with zero attached hydrogens (tertiary/aromatic N) is 2. The van der Waals surface area contributed by atoms with E-state index in [9.17, 15) is 0 Å². The maximum absolute atomic E-state index is 5.82. The van der Waals surface area contributed by atoms with Gasteiger partial charge in [0.2, 0.25) is 5.88 Å². The summed E-state index contributed by atoms with van der Waals surface area (Å²) in [5.41, 5.74) is 2.98. The van der Waals surface area contributed by atoms with Crippen molar-refractivity contribution < 1.29 is 9.47 Å². The summed E-state index contributed by atoms with van der Waals surface area (Å²) in [4.78, 5) is 8.60. The molecule has 0 aliphatic heterocycles. The Morgan fingerprint density at radius 2 is 2.10 bits per heavy atom. The van der Waals surface area contributed by atoms with Gasteiger partial charge in [-0.2, -0.15) is 0 Å². The Labute approximate surface area is 125 Å². The van der Waals surface area contributed by atoms with Crippen molar-refractivity contribution in [3.8, 4) is 11.6 Å². The summed E-state index contributed by atoms with van der Waals surface area (Å²) in [5, 5.41) is 3.29. The van der Waals surface area contributed by atoms with Crippen molar-refractivity contribution in [2.24, 2.45) is 0 Å². The lowest BCUT2D eigenvalue weighted by atomic mass is 10.2. The van der Waals surface area contributed by atoms with Crippen LogP contribution in [0.1, 0.15) is 16.8 Å². The van der Waals surface area contributed by atoms with Crippen LogP contribution in [0, 0.1) is 13.8 Å². The Bertz CT molecular complexity index is 587. The number of methoxy groups -OCH3 is 1. The van der Waals surface area contributed by atoms with Gasteiger partial charge in [-0.3, -0.25) is 4.98 Å². The van der Waals surface area contributed by atoms with Crippen molar-refractivity contribution in [1.82, 2.24) is 15.3 Å². The Balaban J connectivity index is 2.01. The molecule has 0 aliphatic rings. The molecule has 2 heterocycles. The van der Waals surface area contributed by atoms with E-state index in [1.807, 2.05) is 32.2 Å². The van der Waals surface area contributed by atoms with Gasteiger partial charge < -0.3 is 14.8 Å². The Kier molecular flexibility index (Phi) is 5.66. The highest BCUT2D eigenvalue weighted by molar-refractivity contribution is 5.35. The van der Waals surface area contributed by atoms with E-state index >= 15 is 0 Å². The molecule has 2 aromatic rings. The zero-order valence-electron chi connectivity index (χ0n) is 12.7. The minimum Gasteiger partial charge on any atom is -0.437 e. The minimum absolute atomic E-state index is 0.617. The third-order valence-electron chi connectivity index (χ3n) is 3.06. The zero-order valence-corrected chi connectivity index (χ0v) is 12.7. The first-order valence-electron chi connectivity index (χ1n) is 6.95. The number of hydrogen-bond donors (Lipinski definition) is 1. The minimum atomic E-state index is 0.617. The summed E-state index contributed by atoms with van der Waals surface area (Å²) >= 11 is 0. The molecule has 0 spiro atoms. The summed E-state index contributed by atoms with van der Waals surface area (Å²) in [6.45, 7) is 6.20. The topological polar surface area (TPSA) is 56.3 Å². The van der Waals surface area contributed by atoms with Crippen LogP contribution >= 0.6 is 0 Å². The smallest absolute Gasteiger partial charge is 0.222 e. The van der Waals surface area contributed by atoms with Gasteiger partial charge in [0.05, 0.1) is 12.3 Å². The van der Waals surface area contributed by atoms with Gasteiger partial charge in [0.15, 0.2) is 5.75 Å². The van der Waals surface area contributed by atoms with Gasteiger partial charge in [-0.25, -0.2) is 4.98 Å². The first kappa shape index (κ1) is 15.4. The van der Waals surface area contributed by atoms with Crippen LogP contribution < -0.4 is 10.1 Å². The molecule has 0 amide bonds. The Hall–Kier alpha value is -1.98. The summed E-state index contributed by atoms with van der Waals surface area (Å²) in [7, 11) is 1.69. The van der Waals surface area contributed by atoms with Gasteiger partial charge in [-0.1, -0.05) is 0 Å². The second-order valence-electron chi connectivity index (χ2n) is 4.82. The molecule has 0 radical (unpaired) electrons. The zero-order chi connectivity index (χ0) is 15.1. The fraction of sp³-hybridized carbons (Fsp3) is 0.375. The summed E-state index contributed by atoms with van der Waals surface area (Å²) < 4.78 is 10.8. The van der Waals surface area contributed by atoms with Crippen molar-refractivity contribution in [3.05, 3.63) is 47.4 Å². The first-order chi connectivity index (χ1) is 10.2. The fourth-order valence-corrected chi connectivity index (χ4v) is 1.91. The van der Waals surface area contributed by atoms with Crippen LogP contribution in [-0.2, 0) is 11.3 Å². The van der Waals surface area contributed by atoms with Crippen molar-refractivity contribution in [2.75, 3.05) is 20.3 Å². The lowest BCUT2D eigenvalue weighted by molar-refractivity contribution is 0.199. The molecule has 0 unspecified atom stereocenters. The van der Waals surface area contributed by atoms with Gasteiger partial charge in [-0.15, -0.1) is 0 Å². The Morgan fingerprint density at radius 3 is 2.81 bits per heavy atom. The SMILES string of the molecule is COCCNCc1cnc(Oc2cccnc2C)c(C)c1. The fourth-order valence-electron chi connectivity index (χ4n) is 1.91. The lowest BCUT2D eigenvalue weighted by Gasteiger charge is -2.11. The van der Waals surface area contributed by atoms with Gasteiger partial charge in [0.25, 0.3) is 0 Å². The molecule has 112 valence electrons. The number of pyridine rings is 2. The molecule has 5 heteroatoms. The summed E-state index contributed by atoms with van der Waals surface area (Å²) in [6.07, 6.45) is 3.57. The molecular formula is C16H21N3O2.